The topological polar surface area (TPSA) is 82.5 Å². The molecule has 1 unspecified atom stereocenters. The lowest BCUT2D eigenvalue weighted by Gasteiger charge is -2.20. The van der Waals surface area contributed by atoms with Crippen LogP contribution in [0.2, 0.25) is 0 Å². The summed E-state index contributed by atoms with van der Waals surface area (Å²) in [6, 6.07) is 1.28. The van der Waals surface area contributed by atoms with Crippen LogP contribution >= 0.6 is 15.9 Å². The van der Waals surface area contributed by atoms with Crippen molar-refractivity contribution in [2.24, 2.45) is 5.92 Å². The van der Waals surface area contributed by atoms with Crippen molar-refractivity contribution in [2.75, 3.05) is 18.9 Å². The maximum atomic E-state index is 11.8. The van der Waals surface area contributed by atoms with Gasteiger partial charge in [0, 0.05) is 26.0 Å². The molecule has 0 fully saturated rings. The molecule has 1 rings (SSSR count). The number of anilines is 1. The molecule has 0 bridgehead atoms. The zero-order valence-corrected chi connectivity index (χ0v) is 11.6. The van der Waals surface area contributed by atoms with Crippen molar-refractivity contribution in [3.05, 3.63) is 22.9 Å². The summed E-state index contributed by atoms with van der Waals surface area (Å²) < 4.78 is 0.665. The number of nitrogens with zero attached hydrogens (tertiary/aromatic N) is 2. The van der Waals surface area contributed by atoms with Gasteiger partial charge in [0.1, 0.15) is 0 Å². The second kappa shape index (κ2) is 6.34. The van der Waals surface area contributed by atoms with Gasteiger partial charge in [0.05, 0.1) is 16.1 Å². The van der Waals surface area contributed by atoms with E-state index in [-0.39, 0.29) is 12.6 Å². The predicted molar refractivity (Wildman–Crippen MR) is 70.4 cm³/mol. The quantitative estimate of drug-likeness (QED) is 0.890. The summed E-state index contributed by atoms with van der Waals surface area (Å²) in [4.78, 5) is 27.7. The number of hydrogen-bond acceptors (Lipinski definition) is 3. The van der Waals surface area contributed by atoms with Gasteiger partial charge in [-0.15, -0.1) is 0 Å². The van der Waals surface area contributed by atoms with Crippen LogP contribution in [0, 0.1) is 5.92 Å². The third-order valence-electron chi connectivity index (χ3n) is 2.33. The summed E-state index contributed by atoms with van der Waals surface area (Å²) in [6.07, 6.45) is 3.12. The van der Waals surface area contributed by atoms with E-state index in [4.69, 9.17) is 5.11 Å². The molecule has 6 nitrogen and oxygen atoms in total. The number of nitrogens with one attached hydrogen (secondary N) is 1. The van der Waals surface area contributed by atoms with Crippen LogP contribution in [0.15, 0.2) is 22.9 Å². The van der Waals surface area contributed by atoms with E-state index < -0.39 is 11.9 Å². The SMILES string of the molecule is CC(CN(C)C(=O)Nc1ccncc1Br)C(=O)O. The molecule has 0 aliphatic heterocycles. The number of carbonyl (C=O) groups excluding carboxylic acids is 1. The summed E-state index contributed by atoms with van der Waals surface area (Å²) >= 11 is 3.26. The number of aliphatic carboxylic acids is 1. The van der Waals surface area contributed by atoms with Crippen LogP contribution in [0.5, 0.6) is 0 Å². The number of carboxylic acids is 1. The first-order valence-corrected chi connectivity index (χ1v) is 6.05. The maximum Gasteiger partial charge on any atom is 0.321 e. The Kier molecular flexibility index (Phi) is 5.08. The maximum absolute atomic E-state index is 11.8. The van der Waals surface area contributed by atoms with Crippen LogP contribution < -0.4 is 5.32 Å². The number of pyridine rings is 1. The van der Waals surface area contributed by atoms with Crippen molar-refractivity contribution in [3.63, 3.8) is 0 Å². The van der Waals surface area contributed by atoms with E-state index in [2.05, 4.69) is 26.2 Å². The molecule has 1 aromatic heterocycles. The Morgan fingerprint density at radius 2 is 2.28 bits per heavy atom. The zero-order chi connectivity index (χ0) is 13.7. The van der Waals surface area contributed by atoms with Crippen LogP contribution in [0.3, 0.4) is 0 Å². The minimum Gasteiger partial charge on any atom is -0.481 e. The summed E-state index contributed by atoms with van der Waals surface area (Å²) in [5.41, 5.74) is 0.588. The summed E-state index contributed by atoms with van der Waals surface area (Å²) in [5.74, 6) is -1.54. The van der Waals surface area contributed by atoms with Gasteiger partial charge in [0.2, 0.25) is 0 Å². The van der Waals surface area contributed by atoms with Crippen molar-refractivity contribution < 1.29 is 14.7 Å². The van der Waals surface area contributed by atoms with Gasteiger partial charge in [-0.2, -0.15) is 0 Å². The van der Waals surface area contributed by atoms with E-state index in [9.17, 15) is 9.59 Å². The highest BCUT2D eigenvalue weighted by atomic mass is 79.9. The fourth-order valence-corrected chi connectivity index (χ4v) is 1.61. The Morgan fingerprint density at radius 1 is 1.61 bits per heavy atom. The molecular formula is C11H14BrN3O3. The molecule has 0 saturated heterocycles. The number of halogens is 1. The number of carboxylic acid groups (broad SMARTS) is 1. The van der Waals surface area contributed by atoms with Gasteiger partial charge in [-0.05, 0) is 22.0 Å². The van der Waals surface area contributed by atoms with Crippen molar-refractivity contribution in [3.8, 4) is 0 Å². The number of amides is 2. The van der Waals surface area contributed by atoms with Crippen LogP contribution in [0.4, 0.5) is 10.5 Å². The first-order chi connectivity index (χ1) is 8.41. The molecular weight excluding hydrogens is 302 g/mol. The number of rotatable bonds is 4. The van der Waals surface area contributed by atoms with Crippen molar-refractivity contribution >= 4 is 33.6 Å². The van der Waals surface area contributed by atoms with E-state index >= 15 is 0 Å². The van der Waals surface area contributed by atoms with E-state index in [1.165, 1.54) is 4.90 Å². The number of carbonyl (C=O) groups is 2. The van der Waals surface area contributed by atoms with Crippen molar-refractivity contribution in [1.29, 1.82) is 0 Å². The van der Waals surface area contributed by atoms with Gasteiger partial charge in [-0.3, -0.25) is 9.78 Å². The fourth-order valence-electron chi connectivity index (χ4n) is 1.26. The average molecular weight is 316 g/mol. The average Bonchev–Trinajstić information content (AvgIpc) is 2.31. The largest absolute Gasteiger partial charge is 0.481 e. The van der Waals surface area contributed by atoms with Gasteiger partial charge in [0.25, 0.3) is 0 Å². The van der Waals surface area contributed by atoms with Gasteiger partial charge < -0.3 is 15.3 Å². The smallest absolute Gasteiger partial charge is 0.321 e. The van der Waals surface area contributed by atoms with Crippen molar-refractivity contribution in [1.82, 2.24) is 9.88 Å². The van der Waals surface area contributed by atoms with Crippen LogP contribution in [0.1, 0.15) is 6.92 Å². The molecule has 0 aromatic carbocycles. The third-order valence-corrected chi connectivity index (χ3v) is 2.96. The first kappa shape index (κ1) is 14.4. The molecule has 0 radical (unpaired) electrons. The molecule has 1 aromatic rings. The summed E-state index contributed by atoms with van der Waals surface area (Å²) in [5, 5.41) is 11.4. The number of urea groups is 1. The minimum absolute atomic E-state index is 0.143. The monoisotopic (exact) mass is 315 g/mol. The highest BCUT2D eigenvalue weighted by Gasteiger charge is 2.17. The lowest BCUT2D eigenvalue weighted by molar-refractivity contribution is -0.141. The van der Waals surface area contributed by atoms with Crippen LogP contribution in [-0.2, 0) is 4.79 Å². The first-order valence-electron chi connectivity index (χ1n) is 5.26. The summed E-state index contributed by atoms with van der Waals surface area (Å²) in [7, 11) is 1.55. The van der Waals surface area contributed by atoms with Gasteiger partial charge in [0.15, 0.2) is 0 Å². The molecule has 1 heterocycles. The van der Waals surface area contributed by atoms with E-state index in [1.54, 1.807) is 32.4 Å². The Balaban J connectivity index is 2.61. The van der Waals surface area contributed by atoms with Crippen molar-refractivity contribution in [2.45, 2.75) is 6.92 Å². The minimum atomic E-state index is -0.931. The van der Waals surface area contributed by atoms with Gasteiger partial charge in [-0.1, -0.05) is 6.92 Å². The normalized spacial score (nSPS) is 11.7. The van der Waals surface area contributed by atoms with E-state index in [0.717, 1.165) is 0 Å². The van der Waals surface area contributed by atoms with Gasteiger partial charge >= 0.3 is 12.0 Å². The lowest BCUT2D eigenvalue weighted by Crippen LogP contribution is -2.36. The molecule has 0 spiro atoms. The standard InChI is InChI=1S/C11H14BrN3O3/c1-7(10(16)17)6-15(2)11(18)14-9-3-4-13-5-8(9)12/h3-5,7H,6H2,1-2H3,(H,16,17)(H,13,14,18). The zero-order valence-electron chi connectivity index (χ0n) is 10.1. The third kappa shape index (κ3) is 3.99. The fraction of sp³-hybridized carbons (Fsp3) is 0.364. The molecule has 0 saturated carbocycles. The molecule has 2 amide bonds. The molecule has 18 heavy (non-hydrogen) atoms. The van der Waals surface area contributed by atoms with Gasteiger partial charge in [-0.25, -0.2) is 4.79 Å². The second-order valence-electron chi connectivity index (χ2n) is 3.91. The highest BCUT2D eigenvalue weighted by Crippen LogP contribution is 2.20. The summed E-state index contributed by atoms with van der Waals surface area (Å²) in [6.45, 7) is 1.69. The second-order valence-corrected chi connectivity index (χ2v) is 4.76. The molecule has 0 aliphatic carbocycles. The molecule has 0 aliphatic rings. The number of aromatic nitrogens is 1. The van der Waals surface area contributed by atoms with Crippen LogP contribution in [0.25, 0.3) is 0 Å². The highest BCUT2D eigenvalue weighted by molar-refractivity contribution is 9.10. The Morgan fingerprint density at radius 3 is 2.83 bits per heavy atom. The van der Waals surface area contributed by atoms with Crippen LogP contribution in [-0.4, -0.2) is 40.6 Å². The van der Waals surface area contributed by atoms with E-state index in [1.807, 2.05) is 0 Å². The molecule has 2 N–H and O–H groups in total. The molecule has 1 atom stereocenters. The predicted octanol–water partition coefficient (Wildman–Crippen LogP) is 2.03. The Hall–Kier alpha value is -1.63. The number of hydrogen-bond donors (Lipinski definition) is 2. The molecule has 7 heteroatoms. The Bertz CT molecular complexity index is 453. The lowest BCUT2D eigenvalue weighted by atomic mass is 10.2. The molecule has 98 valence electrons. The Labute approximate surface area is 113 Å². The van der Waals surface area contributed by atoms with E-state index in [0.29, 0.717) is 10.2 Å².